The van der Waals surface area contributed by atoms with Crippen LogP contribution in [0.15, 0.2) is 42.5 Å². The Hall–Kier alpha value is -1.40. The SMILES string of the molecule is O=C(N[C@]1(c2ccccc2)CCNC[C@H]1O)c1ccc(Cl)s1. The number of benzene rings is 1. The third-order valence-corrected chi connectivity index (χ3v) is 5.26. The maximum absolute atomic E-state index is 12.6. The van der Waals surface area contributed by atoms with E-state index in [4.69, 9.17) is 11.6 Å². The number of aliphatic hydroxyl groups is 1. The lowest BCUT2D eigenvalue weighted by molar-refractivity contribution is 0.0291. The predicted molar refractivity (Wildman–Crippen MR) is 88.4 cm³/mol. The Bertz CT molecular complexity index is 661. The molecule has 22 heavy (non-hydrogen) atoms. The van der Waals surface area contributed by atoms with Gasteiger partial charge in [-0.05, 0) is 30.7 Å². The minimum Gasteiger partial charge on any atom is -0.389 e. The van der Waals surface area contributed by atoms with Gasteiger partial charge in [0.1, 0.15) is 0 Å². The molecular weight excluding hydrogens is 320 g/mol. The molecule has 0 spiro atoms. The number of nitrogens with one attached hydrogen (secondary N) is 2. The Labute approximate surface area is 138 Å². The Morgan fingerprint density at radius 3 is 2.73 bits per heavy atom. The Balaban J connectivity index is 1.94. The molecule has 2 atom stereocenters. The summed E-state index contributed by atoms with van der Waals surface area (Å²) in [6, 6.07) is 13.0. The number of aliphatic hydroxyl groups excluding tert-OH is 1. The van der Waals surface area contributed by atoms with Crippen LogP contribution in [0.25, 0.3) is 0 Å². The molecule has 6 heteroatoms. The van der Waals surface area contributed by atoms with Crippen LogP contribution in [0.5, 0.6) is 0 Å². The number of piperidine rings is 1. The number of hydrogen-bond donors (Lipinski definition) is 3. The van der Waals surface area contributed by atoms with Gasteiger partial charge in [0.25, 0.3) is 5.91 Å². The second-order valence-corrected chi connectivity index (χ2v) is 7.08. The van der Waals surface area contributed by atoms with Gasteiger partial charge in [-0.15, -0.1) is 11.3 Å². The number of β-amino-alcohol motifs (C(OH)–C–C–N with tert-alkyl or cyclic N) is 1. The molecule has 1 amide bonds. The molecule has 3 rings (SSSR count). The molecule has 1 aliphatic heterocycles. The van der Waals surface area contributed by atoms with Crippen LogP contribution in [-0.2, 0) is 5.54 Å². The van der Waals surface area contributed by atoms with Crippen molar-refractivity contribution in [1.29, 1.82) is 0 Å². The zero-order valence-corrected chi connectivity index (χ0v) is 13.5. The van der Waals surface area contributed by atoms with E-state index in [2.05, 4.69) is 10.6 Å². The van der Waals surface area contributed by atoms with E-state index < -0.39 is 11.6 Å². The summed E-state index contributed by atoms with van der Waals surface area (Å²) < 4.78 is 0.574. The number of amides is 1. The first kappa shape index (κ1) is 15.5. The zero-order chi connectivity index (χ0) is 15.6. The topological polar surface area (TPSA) is 61.4 Å². The highest BCUT2D eigenvalue weighted by molar-refractivity contribution is 7.18. The van der Waals surface area contributed by atoms with Crippen LogP contribution in [0.4, 0.5) is 0 Å². The largest absolute Gasteiger partial charge is 0.389 e. The molecule has 3 N–H and O–H groups in total. The van der Waals surface area contributed by atoms with Crippen molar-refractivity contribution in [1.82, 2.24) is 10.6 Å². The Morgan fingerprint density at radius 1 is 1.32 bits per heavy atom. The van der Waals surface area contributed by atoms with Crippen LogP contribution in [0.3, 0.4) is 0 Å². The monoisotopic (exact) mass is 336 g/mol. The molecule has 2 heterocycles. The average Bonchev–Trinajstić information content (AvgIpc) is 2.97. The first-order valence-electron chi connectivity index (χ1n) is 7.14. The predicted octanol–water partition coefficient (Wildman–Crippen LogP) is 2.38. The highest BCUT2D eigenvalue weighted by Crippen LogP contribution is 2.32. The van der Waals surface area contributed by atoms with Crippen LogP contribution < -0.4 is 10.6 Å². The van der Waals surface area contributed by atoms with Crippen molar-refractivity contribution in [2.24, 2.45) is 0 Å². The van der Waals surface area contributed by atoms with Crippen LogP contribution >= 0.6 is 22.9 Å². The summed E-state index contributed by atoms with van der Waals surface area (Å²) in [6.45, 7) is 1.18. The minimum absolute atomic E-state index is 0.207. The average molecular weight is 337 g/mol. The molecule has 116 valence electrons. The molecule has 1 fully saturated rings. The normalized spacial score (nSPS) is 24.9. The number of thiophene rings is 1. The van der Waals surface area contributed by atoms with Gasteiger partial charge in [-0.2, -0.15) is 0 Å². The fourth-order valence-corrected chi connectivity index (χ4v) is 3.79. The Morgan fingerprint density at radius 2 is 2.09 bits per heavy atom. The second kappa shape index (κ2) is 6.38. The van der Waals surface area contributed by atoms with Gasteiger partial charge in [0.2, 0.25) is 0 Å². The summed E-state index contributed by atoms with van der Waals surface area (Å²) in [4.78, 5) is 13.1. The highest BCUT2D eigenvalue weighted by Gasteiger charge is 2.43. The molecule has 1 aromatic heterocycles. The number of halogens is 1. The lowest BCUT2D eigenvalue weighted by atomic mass is 9.79. The van der Waals surface area contributed by atoms with Crippen molar-refractivity contribution in [3.8, 4) is 0 Å². The smallest absolute Gasteiger partial charge is 0.262 e. The molecule has 1 saturated heterocycles. The minimum atomic E-state index is -0.778. The highest BCUT2D eigenvalue weighted by atomic mass is 35.5. The lowest BCUT2D eigenvalue weighted by Gasteiger charge is -2.42. The fraction of sp³-hybridized carbons (Fsp3) is 0.312. The van der Waals surface area contributed by atoms with Crippen molar-refractivity contribution in [3.63, 3.8) is 0 Å². The van der Waals surface area contributed by atoms with Crippen molar-refractivity contribution in [2.45, 2.75) is 18.1 Å². The van der Waals surface area contributed by atoms with Gasteiger partial charge in [-0.25, -0.2) is 0 Å². The van der Waals surface area contributed by atoms with Crippen molar-refractivity contribution < 1.29 is 9.90 Å². The first-order valence-corrected chi connectivity index (χ1v) is 8.33. The van der Waals surface area contributed by atoms with Gasteiger partial charge in [0, 0.05) is 6.54 Å². The van der Waals surface area contributed by atoms with Gasteiger partial charge in [0.05, 0.1) is 20.9 Å². The molecule has 0 radical (unpaired) electrons. The van der Waals surface area contributed by atoms with Crippen molar-refractivity contribution >= 4 is 28.8 Å². The van der Waals surface area contributed by atoms with E-state index in [1.807, 2.05) is 30.3 Å². The van der Waals surface area contributed by atoms with Crippen LogP contribution in [-0.4, -0.2) is 30.2 Å². The van der Waals surface area contributed by atoms with Gasteiger partial charge < -0.3 is 15.7 Å². The van der Waals surface area contributed by atoms with Gasteiger partial charge in [-0.3, -0.25) is 4.79 Å². The molecule has 1 aliphatic rings. The lowest BCUT2D eigenvalue weighted by Crippen LogP contribution is -2.61. The summed E-state index contributed by atoms with van der Waals surface area (Å²) in [5, 5.41) is 16.8. The third-order valence-electron chi connectivity index (χ3n) is 4.03. The summed E-state index contributed by atoms with van der Waals surface area (Å²) in [5.41, 5.74) is 0.139. The van der Waals surface area contributed by atoms with E-state index in [1.54, 1.807) is 12.1 Å². The summed E-state index contributed by atoms with van der Waals surface area (Å²) in [7, 11) is 0. The van der Waals surface area contributed by atoms with Crippen LogP contribution in [0.1, 0.15) is 21.7 Å². The van der Waals surface area contributed by atoms with E-state index in [-0.39, 0.29) is 5.91 Å². The molecular formula is C16H17ClN2O2S. The third kappa shape index (κ3) is 2.90. The number of carbonyl (C=O) groups is 1. The van der Waals surface area contributed by atoms with E-state index in [1.165, 1.54) is 11.3 Å². The molecule has 4 nitrogen and oxygen atoms in total. The molecule has 1 aromatic carbocycles. The van der Waals surface area contributed by atoms with Crippen LogP contribution in [0.2, 0.25) is 4.34 Å². The number of carbonyl (C=O) groups excluding carboxylic acids is 1. The summed E-state index contributed by atoms with van der Waals surface area (Å²) >= 11 is 7.14. The quantitative estimate of drug-likeness (QED) is 0.806. The van der Waals surface area contributed by atoms with Gasteiger partial charge in [-0.1, -0.05) is 41.9 Å². The second-order valence-electron chi connectivity index (χ2n) is 5.37. The van der Waals surface area contributed by atoms with E-state index >= 15 is 0 Å². The van der Waals surface area contributed by atoms with E-state index in [0.29, 0.717) is 22.2 Å². The summed E-state index contributed by atoms with van der Waals surface area (Å²) in [5.74, 6) is -0.207. The van der Waals surface area contributed by atoms with Gasteiger partial charge in [0.15, 0.2) is 0 Å². The zero-order valence-electron chi connectivity index (χ0n) is 11.9. The molecule has 0 saturated carbocycles. The van der Waals surface area contributed by atoms with Crippen LogP contribution in [0, 0.1) is 0 Å². The molecule has 0 bridgehead atoms. The molecule has 0 unspecified atom stereocenters. The molecule has 2 aromatic rings. The number of hydrogen-bond acceptors (Lipinski definition) is 4. The Kier molecular flexibility index (Phi) is 4.49. The summed E-state index contributed by atoms with van der Waals surface area (Å²) in [6.07, 6.45) is -0.0636. The van der Waals surface area contributed by atoms with E-state index in [9.17, 15) is 9.90 Å². The number of rotatable bonds is 3. The van der Waals surface area contributed by atoms with Crippen molar-refractivity contribution in [2.75, 3.05) is 13.1 Å². The maximum Gasteiger partial charge on any atom is 0.262 e. The van der Waals surface area contributed by atoms with E-state index in [0.717, 1.165) is 12.1 Å². The molecule has 0 aliphatic carbocycles. The maximum atomic E-state index is 12.6. The fourth-order valence-electron chi connectivity index (χ4n) is 2.86. The first-order chi connectivity index (χ1) is 10.6. The standard InChI is InChI=1S/C16H17ClN2O2S/c17-14-7-6-12(22-14)15(21)19-16(8-9-18-10-13(16)20)11-4-2-1-3-5-11/h1-7,13,18,20H,8-10H2,(H,19,21)/t13-,16+/m1/s1. The van der Waals surface area contributed by atoms with Gasteiger partial charge >= 0.3 is 0 Å². The van der Waals surface area contributed by atoms with Crippen molar-refractivity contribution in [3.05, 3.63) is 57.2 Å².